The van der Waals surface area contributed by atoms with E-state index in [-0.39, 0.29) is 24.9 Å². The monoisotopic (exact) mass is 422 g/mol. The van der Waals surface area contributed by atoms with Crippen LogP contribution in [-0.2, 0) is 14.3 Å². The third-order valence-electron chi connectivity index (χ3n) is 3.73. The van der Waals surface area contributed by atoms with Crippen LogP contribution in [0.5, 0.6) is 0 Å². The van der Waals surface area contributed by atoms with E-state index in [1.165, 1.54) is 11.0 Å². The molecule has 29 heavy (non-hydrogen) atoms. The Morgan fingerprint density at radius 2 is 1.93 bits per heavy atom. The molecule has 1 N–H and O–H groups in total. The number of ether oxygens (including phenoxy) is 2. The van der Waals surface area contributed by atoms with Gasteiger partial charge < -0.3 is 14.4 Å². The first-order chi connectivity index (χ1) is 13.5. The summed E-state index contributed by atoms with van der Waals surface area (Å²) in [7, 11) is 1.67. The molecule has 0 bridgehead atoms. The second-order valence-corrected chi connectivity index (χ2v) is 7.96. The van der Waals surface area contributed by atoms with Crippen LogP contribution in [0.1, 0.15) is 50.4 Å². The molecule has 0 atom stereocenters. The largest absolute Gasteiger partial charge is 0.461 e. The molecule has 8 heteroatoms. The standard InChI is InChI=1S/C21H30N2O5S/c1-6-14-27-17(24)12-7-8-13-23(5)19(25)15-10-9-11-16(29)18(15)22-20(26)28-21(2,3)4/h6,9-11,29H,1,7-8,12-14H2,2-5H3,(H,22,26). The first kappa shape index (κ1) is 24.6. The molecule has 0 aliphatic rings. The van der Waals surface area contributed by atoms with Gasteiger partial charge in [-0.2, -0.15) is 0 Å². The second kappa shape index (κ2) is 11.5. The molecule has 0 heterocycles. The third kappa shape index (κ3) is 9.04. The number of anilines is 1. The highest BCUT2D eigenvalue weighted by Crippen LogP contribution is 2.26. The van der Waals surface area contributed by atoms with Gasteiger partial charge in [0.05, 0.1) is 11.3 Å². The maximum Gasteiger partial charge on any atom is 0.412 e. The molecule has 0 aliphatic heterocycles. The lowest BCUT2D eigenvalue weighted by atomic mass is 10.1. The summed E-state index contributed by atoms with van der Waals surface area (Å²) in [6.45, 7) is 9.41. The normalized spacial score (nSPS) is 10.8. The quantitative estimate of drug-likeness (QED) is 0.268. The summed E-state index contributed by atoms with van der Waals surface area (Å²) in [6, 6.07) is 5.00. The van der Waals surface area contributed by atoms with Gasteiger partial charge in [0.1, 0.15) is 12.2 Å². The molecule has 2 amide bonds. The van der Waals surface area contributed by atoms with Crippen molar-refractivity contribution in [1.29, 1.82) is 0 Å². The van der Waals surface area contributed by atoms with E-state index in [4.69, 9.17) is 9.47 Å². The molecule has 0 radical (unpaired) electrons. The minimum Gasteiger partial charge on any atom is -0.461 e. The van der Waals surface area contributed by atoms with Crippen molar-refractivity contribution in [3.05, 3.63) is 36.4 Å². The topological polar surface area (TPSA) is 84.9 Å². The minimum atomic E-state index is -0.663. The van der Waals surface area contributed by atoms with Gasteiger partial charge >= 0.3 is 12.1 Å². The third-order valence-corrected chi connectivity index (χ3v) is 4.10. The number of nitrogens with one attached hydrogen (secondary N) is 1. The number of nitrogens with zero attached hydrogens (tertiary/aromatic N) is 1. The summed E-state index contributed by atoms with van der Waals surface area (Å²) in [5, 5.41) is 2.62. The average Bonchev–Trinajstić information content (AvgIpc) is 2.62. The fourth-order valence-electron chi connectivity index (χ4n) is 2.40. The zero-order valence-corrected chi connectivity index (χ0v) is 18.4. The van der Waals surface area contributed by atoms with Gasteiger partial charge in [0.25, 0.3) is 5.91 Å². The van der Waals surface area contributed by atoms with E-state index < -0.39 is 11.7 Å². The molecule has 0 aromatic heterocycles. The van der Waals surface area contributed by atoms with Crippen molar-refractivity contribution in [3.63, 3.8) is 0 Å². The van der Waals surface area contributed by atoms with E-state index in [1.54, 1.807) is 46.0 Å². The molecule has 0 fully saturated rings. The molecule has 1 aromatic rings. The van der Waals surface area contributed by atoms with Gasteiger partial charge in [-0.15, -0.1) is 12.6 Å². The predicted octanol–water partition coefficient (Wildman–Crippen LogP) is 4.29. The van der Waals surface area contributed by atoms with Crippen LogP contribution in [0, 0.1) is 0 Å². The van der Waals surface area contributed by atoms with E-state index >= 15 is 0 Å². The van der Waals surface area contributed by atoms with E-state index in [0.29, 0.717) is 35.5 Å². The summed E-state index contributed by atoms with van der Waals surface area (Å²) < 4.78 is 10.2. The smallest absolute Gasteiger partial charge is 0.412 e. The lowest BCUT2D eigenvalue weighted by molar-refractivity contribution is -0.142. The van der Waals surface area contributed by atoms with Crippen molar-refractivity contribution in [2.45, 2.75) is 50.5 Å². The van der Waals surface area contributed by atoms with Crippen LogP contribution in [0.25, 0.3) is 0 Å². The molecule has 0 saturated carbocycles. The van der Waals surface area contributed by atoms with E-state index in [0.717, 1.165) is 0 Å². The van der Waals surface area contributed by atoms with Gasteiger partial charge in [0.2, 0.25) is 0 Å². The molecule has 1 rings (SSSR count). The Labute approximate surface area is 177 Å². The van der Waals surface area contributed by atoms with Gasteiger partial charge in [0.15, 0.2) is 0 Å². The molecule has 0 unspecified atom stereocenters. The number of rotatable bonds is 9. The van der Waals surface area contributed by atoms with Crippen molar-refractivity contribution in [1.82, 2.24) is 4.90 Å². The predicted molar refractivity (Wildman–Crippen MR) is 116 cm³/mol. The Balaban J connectivity index is 2.71. The van der Waals surface area contributed by atoms with E-state index in [2.05, 4.69) is 24.5 Å². The fraction of sp³-hybridized carbons (Fsp3) is 0.476. The van der Waals surface area contributed by atoms with Crippen molar-refractivity contribution >= 4 is 36.3 Å². The SMILES string of the molecule is C=CCOC(=O)CCCCN(C)C(=O)c1cccc(S)c1NC(=O)OC(C)(C)C. The molecule has 160 valence electrons. The number of carbonyl (C=O) groups is 3. The van der Waals surface area contributed by atoms with Crippen molar-refractivity contribution in [3.8, 4) is 0 Å². The number of hydrogen-bond donors (Lipinski definition) is 2. The highest BCUT2D eigenvalue weighted by molar-refractivity contribution is 7.80. The zero-order chi connectivity index (χ0) is 22.0. The summed E-state index contributed by atoms with van der Waals surface area (Å²) in [5.74, 6) is -0.549. The molecule has 0 aliphatic carbocycles. The van der Waals surface area contributed by atoms with Crippen LogP contribution in [0.4, 0.5) is 10.5 Å². The van der Waals surface area contributed by atoms with Crippen LogP contribution in [-0.4, -0.2) is 48.7 Å². The number of benzene rings is 1. The van der Waals surface area contributed by atoms with Crippen LogP contribution in [0.3, 0.4) is 0 Å². The first-order valence-electron chi connectivity index (χ1n) is 9.39. The molecule has 0 saturated heterocycles. The van der Waals surface area contributed by atoms with Gasteiger partial charge in [0, 0.05) is 24.9 Å². The summed E-state index contributed by atoms with van der Waals surface area (Å²) in [5.41, 5.74) is -0.0464. The highest BCUT2D eigenvalue weighted by atomic mass is 32.1. The summed E-state index contributed by atoms with van der Waals surface area (Å²) in [4.78, 5) is 38.5. The number of amides is 2. The summed E-state index contributed by atoms with van der Waals surface area (Å²) in [6.07, 6.45) is 2.38. The van der Waals surface area contributed by atoms with E-state index in [9.17, 15) is 14.4 Å². The van der Waals surface area contributed by atoms with Gasteiger partial charge in [-0.3, -0.25) is 14.9 Å². The lowest BCUT2D eigenvalue weighted by Crippen LogP contribution is -2.31. The van der Waals surface area contributed by atoms with Crippen LogP contribution >= 0.6 is 12.6 Å². The average molecular weight is 423 g/mol. The zero-order valence-electron chi connectivity index (χ0n) is 17.5. The Bertz CT molecular complexity index is 743. The lowest BCUT2D eigenvalue weighted by Gasteiger charge is -2.22. The van der Waals surface area contributed by atoms with Crippen LogP contribution in [0.15, 0.2) is 35.7 Å². The Morgan fingerprint density at radius 3 is 2.55 bits per heavy atom. The summed E-state index contributed by atoms with van der Waals surface area (Å²) >= 11 is 4.35. The molecular weight excluding hydrogens is 392 g/mol. The second-order valence-electron chi connectivity index (χ2n) is 7.48. The Hall–Kier alpha value is -2.48. The number of hydrogen-bond acceptors (Lipinski definition) is 6. The van der Waals surface area contributed by atoms with Crippen molar-refractivity contribution < 1.29 is 23.9 Å². The Morgan fingerprint density at radius 1 is 1.24 bits per heavy atom. The Kier molecular flexibility index (Phi) is 9.74. The van der Waals surface area contributed by atoms with Gasteiger partial charge in [-0.25, -0.2) is 4.79 Å². The number of esters is 1. The number of unbranched alkanes of at least 4 members (excludes halogenated alkanes) is 1. The minimum absolute atomic E-state index is 0.199. The van der Waals surface area contributed by atoms with Gasteiger partial charge in [-0.1, -0.05) is 18.7 Å². The maximum absolute atomic E-state index is 12.9. The fourth-order valence-corrected chi connectivity index (χ4v) is 2.67. The van der Waals surface area contributed by atoms with Crippen LogP contribution in [0.2, 0.25) is 0 Å². The van der Waals surface area contributed by atoms with Crippen LogP contribution < -0.4 is 5.32 Å². The molecular formula is C21H30N2O5S. The first-order valence-corrected chi connectivity index (χ1v) is 9.84. The number of para-hydroxylation sites is 1. The molecule has 1 aromatic carbocycles. The molecule has 0 spiro atoms. The number of thiol groups is 1. The molecule has 7 nitrogen and oxygen atoms in total. The van der Waals surface area contributed by atoms with Crippen molar-refractivity contribution in [2.24, 2.45) is 0 Å². The van der Waals surface area contributed by atoms with Gasteiger partial charge in [-0.05, 0) is 45.7 Å². The van der Waals surface area contributed by atoms with Crippen molar-refractivity contribution in [2.75, 3.05) is 25.5 Å². The maximum atomic E-state index is 12.9. The van der Waals surface area contributed by atoms with E-state index in [1.807, 2.05) is 0 Å². The highest BCUT2D eigenvalue weighted by Gasteiger charge is 2.22. The number of carbonyl (C=O) groups excluding carboxylic acids is 3.